The van der Waals surface area contributed by atoms with Crippen LogP contribution in [0.3, 0.4) is 0 Å². The molecule has 2 atom stereocenters. The smallest absolute Gasteiger partial charge is 0.262 e. The zero-order chi connectivity index (χ0) is 24.3. The summed E-state index contributed by atoms with van der Waals surface area (Å²) in [7, 11) is 2.15. The molecule has 176 valence electrons. The molecule has 4 aromatic rings. The fraction of sp³-hybridized carbons (Fsp3) is 0.121. The van der Waals surface area contributed by atoms with Crippen molar-refractivity contribution >= 4 is 27.6 Å². The molecule has 0 saturated heterocycles. The van der Waals surface area contributed by atoms with Gasteiger partial charge in [-0.05, 0) is 40.5 Å². The standard InChI is InChI=1S/C33H29N2S/c1-34-31-20-19-28(26-13-6-3-7-14-26)23-32(31)36-33(34)18-10-15-27-21-22-35(24-25-11-4-2-5-12-25)30-17-9-8-16-29(27)30/h2-23,29-30H,24H2,1H3/q+1. The van der Waals surface area contributed by atoms with Gasteiger partial charge in [-0.2, -0.15) is 4.57 Å². The topological polar surface area (TPSA) is 7.12 Å². The first-order chi connectivity index (χ1) is 17.8. The number of aryl methyl sites for hydroxylation is 1. The highest BCUT2D eigenvalue weighted by molar-refractivity contribution is 7.18. The summed E-state index contributed by atoms with van der Waals surface area (Å²) in [5.41, 5.74) is 6.46. The lowest BCUT2D eigenvalue weighted by Crippen LogP contribution is -2.38. The summed E-state index contributed by atoms with van der Waals surface area (Å²) in [6.45, 7) is 0.919. The second-order valence-electron chi connectivity index (χ2n) is 9.33. The van der Waals surface area contributed by atoms with Gasteiger partial charge in [0, 0.05) is 30.8 Å². The van der Waals surface area contributed by atoms with E-state index in [1.54, 1.807) is 0 Å². The second-order valence-corrected chi connectivity index (χ2v) is 10.4. The first kappa shape index (κ1) is 22.5. The molecule has 3 aromatic carbocycles. The molecule has 0 N–H and O–H groups in total. The highest BCUT2D eigenvalue weighted by Gasteiger charge is 2.28. The number of fused-ring (bicyclic) bond motifs is 2. The number of allylic oxidation sites excluding steroid dienone is 5. The number of aromatic nitrogens is 1. The molecule has 2 heterocycles. The normalized spacial score (nSPS) is 20.0. The van der Waals surface area contributed by atoms with E-state index in [0.29, 0.717) is 12.0 Å². The van der Waals surface area contributed by atoms with Crippen LogP contribution in [0.1, 0.15) is 10.6 Å². The van der Waals surface area contributed by atoms with Crippen molar-refractivity contribution in [3.8, 4) is 11.1 Å². The van der Waals surface area contributed by atoms with Gasteiger partial charge in [0.05, 0.1) is 6.04 Å². The lowest BCUT2D eigenvalue weighted by molar-refractivity contribution is -0.642. The van der Waals surface area contributed by atoms with Crippen LogP contribution >= 0.6 is 11.3 Å². The lowest BCUT2D eigenvalue weighted by Gasteiger charge is -2.38. The first-order valence-electron chi connectivity index (χ1n) is 12.5. The van der Waals surface area contributed by atoms with Crippen LogP contribution in [0.15, 0.2) is 133 Å². The van der Waals surface area contributed by atoms with Crippen molar-refractivity contribution in [3.63, 3.8) is 0 Å². The Balaban J connectivity index is 1.25. The van der Waals surface area contributed by atoms with Crippen LogP contribution in [0.5, 0.6) is 0 Å². The van der Waals surface area contributed by atoms with Gasteiger partial charge in [0.2, 0.25) is 5.52 Å². The summed E-state index contributed by atoms with van der Waals surface area (Å²) in [6, 6.07) is 28.4. The van der Waals surface area contributed by atoms with Gasteiger partial charge in [-0.3, -0.25) is 0 Å². The van der Waals surface area contributed by atoms with Gasteiger partial charge in [0.1, 0.15) is 11.7 Å². The van der Waals surface area contributed by atoms with Gasteiger partial charge >= 0.3 is 0 Å². The van der Waals surface area contributed by atoms with E-state index in [2.05, 4.69) is 150 Å². The van der Waals surface area contributed by atoms with Crippen LogP contribution in [0.4, 0.5) is 0 Å². The Morgan fingerprint density at radius 2 is 1.67 bits per heavy atom. The van der Waals surface area contributed by atoms with Crippen molar-refractivity contribution in [3.05, 3.63) is 144 Å². The van der Waals surface area contributed by atoms with Crippen molar-refractivity contribution in [2.45, 2.75) is 12.6 Å². The maximum Gasteiger partial charge on any atom is 0.262 e. The van der Waals surface area contributed by atoms with E-state index in [1.165, 1.54) is 37.5 Å². The first-order valence-corrected chi connectivity index (χ1v) is 13.3. The molecule has 36 heavy (non-hydrogen) atoms. The second kappa shape index (κ2) is 9.96. The number of nitrogens with zero attached hydrogens (tertiary/aromatic N) is 2. The molecule has 3 heteroatoms. The summed E-state index contributed by atoms with van der Waals surface area (Å²) < 4.78 is 3.59. The van der Waals surface area contributed by atoms with Gasteiger partial charge in [-0.25, -0.2) is 0 Å². The molecule has 6 rings (SSSR count). The number of hydrogen-bond acceptors (Lipinski definition) is 2. The third kappa shape index (κ3) is 4.50. The van der Waals surface area contributed by atoms with Crippen molar-refractivity contribution in [1.82, 2.24) is 4.90 Å². The minimum Gasteiger partial charge on any atom is -0.366 e. The Bertz CT molecular complexity index is 1520. The highest BCUT2D eigenvalue weighted by atomic mass is 32.1. The number of rotatable bonds is 5. The van der Waals surface area contributed by atoms with Crippen LogP contribution in [-0.2, 0) is 13.6 Å². The number of benzene rings is 3. The zero-order valence-electron chi connectivity index (χ0n) is 20.4. The van der Waals surface area contributed by atoms with E-state index in [4.69, 9.17) is 0 Å². The molecule has 1 aliphatic heterocycles. The molecule has 0 amide bonds. The minimum atomic E-state index is 0.344. The average molecular weight is 486 g/mol. The fourth-order valence-electron chi connectivity index (χ4n) is 5.10. The van der Waals surface area contributed by atoms with Crippen LogP contribution in [0, 0.1) is 5.92 Å². The average Bonchev–Trinajstić information content (AvgIpc) is 3.25. The molecular weight excluding hydrogens is 456 g/mol. The summed E-state index contributed by atoms with van der Waals surface area (Å²) in [4.78, 5) is 2.44. The number of hydrogen-bond donors (Lipinski definition) is 0. The predicted octanol–water partition coefficient (Wildman–Crippen LogP) is 7.47. The van der Waals surface area contributed by atoms with Gasteiger partial charge in [-0.15, -0.1) is 0 Å². The Morgan fingerprint density at radius 3 is 2.50 bits per heavy atom. The van der Waals surface area contributed by atoms with E-state index in [1.807, 2.05) is 11.3 Å². The van der Waals surface area contributed by atoms with Crippen LogP contribution < -0.4 is 4.57 Å². The molecule has 2 aliphatic rings. The Morgan fingerprint density at radius 1 is 0.889 bits per heavy atom. The van der Waals surface area contributed by atoms with E-state index < -0.39 is 0 Å². The van der Waals surface area contributed by atoms with Crippen LogP contribution in [0.2, 0.25) is 0 Å². The quantitative estimate of drug-likeness (QED) is 0.266. The van der Waals surface area contributed by atoms with E-state index in [0.717, 1.165) is 6.54 Å². The van der Waals surface area contributed by atoms with Crippen molar-refractivity contribution in [2.75, 3.05) is 0 Å². The van der Waals surface area contributed by atoms with Crippen molar-refractivity contribution in [2.24, 2.45) is 13.0 Å². The minimum absolute atomic E-state index is 0.344. The summed E-state index contributed by atoms with van der Waals surface area (Å²) in [5, 5.41) is 1.24. The third-order valence-electron chi connectivity index (χ3n) is 7.04. The van der Waals surface area contributed by atoms with Crippen molar-refractivity contribution < 1.29 is 4.57 Å². The highest BCUT2D eigenvalue weighted by Crippen LogP contribution is 2.32. The third-order valence-corrected chi connectivity index (χ3v) is 8.21. The predicted molar refractivity (Wildman–Crippen MR) is 152 cm³/mol. The molecule has 0 fully saturated rings. The van der Waals surface area contributed by atoms with Crippen molar-refractivity contribution in [1.29, 1.82) is 0 Å². The van der Waals surface area contributed by atoms with Gasteiger partial charge in [-0.1, -0.05) is 108 Å². The molecule has 0 saturated carbocycles. The molecule has 2 nitrogen and oxygen atoms in total. The fourth-order valence-corrected chi connectivity index (χ4v) is 6.20. The van der Waals surface area contributed by atoms with Gasteiger partial charge < -0.3 is 4.90 Å². The molecular formula is C33H29N2S+. The van der Waals surface area contributed by atoms with E-state index >= 15 is 0 Å². The maximum atomic E-state index is 2.44. The number of thiazole rings is 1. The van der Waals surface area contributed by atoms with Crippen LogP contribution in [-0.4, -0.2) is 10.9 Å². The molecule has 1 aliphatic carbocycles. The Kier molecular flexibility index (Phi) is 6.23. The summed E-state index contributed by atoms with van der Waals surface area (Å²) >= 11 is 1.84. The molecule has 0 spiro atoms. The monoisotopic (exact) mass is 485 g/mol. The van der Waals surface area contributed by atoms with Crippen LogP contribution in [0.25, 0.3) is 27.4 Å². The largest absolute Gasteiger partial charge is 0.366 e. The van der Waals surface area contributed by atoms with E-state index in [9.17, 15) is 0 Å². The van der Waals surface area contributed by atoms with E-state index in [-0.39, 0.29) is 0 Å². The summed E-state index contributed by atoms with van der Waals surface area (Å²) in [6.07, 6.45) is 20.2. The maximum absolute atomic E-state index is 2.44. The molecule has 0 radical (unpaired) electrons. The van der Waals surface area contributed by atoms with Gasteiger partial charge in [0.25, 0.3) is 5.01 Å². The molecule has 2 unspecified atom stereocenters. The Hall–Kier alpha value is -3.95. The summed E-state index contributed by atoms with van der Waals surface area (Å²) in [5.74, 6) is 0.359. The molecule has 1 aromatic heterocycles. The molecule has 0 bridgehead atoms. The SMILES string of the molecule is C[n+]1c(C=CC=C2C=CN(Cc3ccccc3)C3C=CC=CC23)sc2cc(-c3ccccc3)ccc21. The lowest BCUT2D eigenvalue weighted by atomic mass is 9.84. The zero-order valence-corrected chi connectivity index (χ0v) is 21.2. The Labute approximate surface area is 217 Å². The van der Waals surface area contributed by atoms with Gasteiger partial charge in [0.15, 0.2) is 0 Å².